The number of halogens is 1. The smallest absolute Gasteiger partial charge is 0.212 e. The van der Waals surface area contributed by atoms with Crippen LogP contribution in [0.15, 0.2) is 46.9 Å². The van der Waals surface area contributed by atoms with Crippen LogP contribution in [0.4, 0.5) is 5.69 Å². The fraction of sp³-hybridized carbons (Fsp3) is 0.0667. The number of ether oxygens (including phenoxy) is 1. The third-order valence-electron chi connectivity index (χ3n) is 2.72. The monoisotopic (exact) mass is 323 g/mol. The predicted molar refractivity (Wildman–Crippen MR) is 86.9 cm³/mol. The van der Waals surface area contributed by atoms with E-state index in [0.29, 0.717) is 22.2 Å². The summed E-state index contributed by atoms with van der Waals surface area (Å²) in [6.07, 6.45) is 3.15. The third-order valence-corrected chi connectivity index (χ3v) is 3.93. The second kappa shape index (κ2) is 6.65. The van der Waals surface area contributed by atoms with Crippen molar-refractivity contribution < 1.29 is 13.4 Å². The second-order valence-corrected chi connectivity index (χ2v) is 5.59. The molecule has 0 saturated carbocycles. The molecule has 21 heavy (non-hydrogen) atoms. The molecule has 0 spiro atoms. The molecule has 0 aliphatic carbocycles. The molecule has 0 amide bonds. The van der Waals surface area contributed by atoms with Gasteiger partial charge in [-0.2, -0.15) is 0 Å². The van der Waals surface area contributed by atoms with Gasteiger partial charge in [-0.15, -0.1) is 0 Å². The molecule has 0 saturated heterocycles. The average Bonchev–Trinajstić information content (AvgIpc) is 2.91. The summed E-state index contributed by atoms with van der Waals surface area (Å²) in [4.78, 5) is 0. The maximum atomic E-state index is 12.3. The molecule has 0 radical (unpaired) electrons. The van der Waals surface area contributed by atoms with Gasteiger partial charge in [0.1, 0.15) is 11.5 Å². The minimum Gasteiger partial charge on any atom is -0.495 e. The van der Waals surface area contributed by atoms with Crippen LogP contribution in [-0.2, 0) is 11.0 Å². The molecule has 0 bridgehead atoms. The Labute approximate surface area is 130 Å². The largest absolute Gasteiger partial charge is 0.495 e. The van der Waals surface area contributed by atoms with Crippen LogP contribution in [0.25, 0.3) is 12.2 Å². The van der Waals surface area contributed by atoms with Crippen LogP contribution >= 0.6 is 11.6 Å². The highest BCUT2D eigenvalue weighted by Crippen LogP contribution is 2.29. The number of nitrogens with one attached hydrogen (secondary N) is 1. The van der Waals surface area contributed by atoms with Gasteiger partial charge in [-0.3, -0.25) is 4.72 Å². The van der Waals surface area contributed by atoms with Gasteiger partial charge >= 0.3 is 0 Å². The zero-order valence-electron chi connectivity index (χ0n) is 11.4. The standard InChI is InChI=1S/C15H14ClNO3S/c1-4-10-8-15(20-13(10)5-2)21(18)17-12-9-11(16)6-7-14(12)19-3/h4-9,17H,1-2H2,3H3. The summed E-state index contributed by atoms with van der Waals surface area (Å²) < 4.78 is 25.8. The molecule has 4 nitrogen and oxygen atoms in total. The van der Waals surface area contributed by atoms with Gasteiger partial charge in [-0.05, 0) is 24.3 Å². The fourth-order valence-corrected chi connectivity index (χ4v) is 2.75. The van der Waals surface area contributed by atoms with Gasteiger partial charge in [0.15, 0.2) is 11.0 Å². The van der Waals surface area contributed by atoms with Crippen molar-refractivity contribution >= 4 is 40.4 Å². The number of hydrogen-bond acceptors (Lipinski definition) is 3. The molecule has 1 unspecified atom stereocenters. The highest BCUT2D eigenvalue weighted by atomic mass is 35.5. The molecule has 6 heteroatoms. The van der Waals surface area contributed by atoms with Crippen molar-refractivity contribution in [3.8, 4) is 5.75 Å². The number of furan rings is 1. The Morgan fingerprint density at radius 2 is 2.10 bits per heavy atom. The van der Waals surface area contributed by atoms with Crippen molar-refractivity contribution in [1.29, 1.82) is 0 Å². The van der Waals surface area contributed by atoms with E-state index in [2.05, 4.69) is 17.9 Å². The van der Waals surface area contributed by atoms with Gasteiger partial charge in [0, 0.05) is 16.7 Å². The summed E-state index contributed by atoms with van der Waals surface area (Å²) >= 11 is 5.93. The van der Waals surface area contributed by atoms with Gasteiger partial charge in [-0.25, -0.2) is 4.21 Å². The number of anilines is 1. The van der Waals surface area contributed by atoms with E-state index < -0.39 is 11.0 Å². The molecule has 2 aromatic rings. The van der Waals surface area contributed by atoms with E-state index in [1.807, 2.05) is 0 Å². The van der Waals surface area contributed by atoms with Crippen LogP contribution in [0.3, 0.4) is 0 Å². The number of benzene rings is 1. The van der Waals surface area contributed by atoms with Crippen LogP contribution in [-0.4, -0.2) is 11.3 Å². The average molecular weight is 324 g/mol. The van der Waals surface area contributed by atoms with Crippen molar-refractivity contribution in [3.63, 3.8) is 0 Å². The van der Waals surface area contributed by atoms with E-state index in [1.54, 1.807) is 30.3 Å². The topological polar surface area (TPSA) is 51.5 Å². The molecular formula is C15H14ClNO3S. The van der Waals surface area contributed by atoms with E-state index >= 15 is 0 Å². The summed E-state index contributed by atoms with van der Waals surface area (Å²) in [6, 6.07) is 6.65. The SMILES string of the molecule is C=Cc1cc(S(=O)Nc2cc(Cl)ccc2OC)oc1C=C. The lowest BCUT2D eigenvalue weighted by atomic mass is 10.2. The summed E-state index contributed by atoms with van der Waals surface area (Å²) in [6.45, 7) is 7.31. The zero-order valence-corrected chi connectivity index (χ0v) is 13.0. The maximum absolute atomic E-state index is 12.3. The van der Waals surface area contributed by atoms with Crippen molar-refractivity contribution in [2.24, 2.45) is 0 Å². The minimum atomic E-state index is -1.60. The number of hydrogen-bond donors (Lipinski definition) is 1. The van der Waals surface area contributed by atoms with Gasteiger partial charge in [0.25, 0.3) is 0 Å². The molecule has 0 fully saturated rings. The fourth-order valence-electron chi connectivity index (χ4n) is 1.72. The molecule has 1 atom stereocenters. The molecule has 1 aromatic carbocycles. The predicted octanol–water partition coefficient (Wildman–Crippen LogP) is 4.36. The highest BCUT2D eigenvalue weighted by molar-refractivity contribution is 7.86. The van der Waals surface area contributed by atoms with Crippen molar-refractivity contribution in [1.82, 2.24) is 0 Å². The Morgan fingerprint density at radius 1 is 1.33 bits per heavy atom. The van der Waals surface area contributed by atoms with Gasteiger partial charge < -0.3 is 9.15 Å². The maximum Gasteiger partial charge on any atom is 0.212 e. The molecule has 1 aromatic heterocycles. The van der Waals surface area contributed by atoms with Gasteiger partial charge in [0.05, 0.1) is 12.8 Å². The normalized spacial score (nSPS) is 11.7. The highest BCUT2D eigenvalue weighted by Gasteiger charge is 2.14. The lowest BCUT2D eigenvalue weighted by molar-refractivity contribution is 0.417. The minimum absolute atomic E-state index is 0.266. The Morgan fingerprint density at radius 3 is 2.67 bits per heavy atom. The molecule has 0 aliphatic rings. The molecule has 2 rings (SSSR count). The zero-order chi connectivity index (χ0) is 15.4. The van der Waals surface area contributed by atoms with E-state index in [4.69, 9.17) is 20.8 Å². The van der Waals surface area contributed by atoms with Crippen molar-refractivity contribution in [2.45, 2.75) is 5.09 Å². The van der Waals surface area contributed by atoms with Crippen molar-refractivity contribution in [3.05, 3.63) is 53.8 Å². The van der Waals surface area contributed by atoms with E-state index in [0.717, 1.165) is 5.56 Å². The first-order chi connectivity index (χ1) is 10.1. The summed E-state index contributed by atoms with van der Waals surface area (Å²) in [5, 5.41) is 0.773. The number of methoxy groups -OCH3 is 1. The molecule has 0 aliphatic heterocycles. The van der Waals surface area contributed by atoms with E-state index in [1.165, 1.54) is 13.2 Å². The summed E-state index contributed by atoms with van der Waals surface area (Å²) in [7, 11) is -0.0744. The second-order valence-electron chi connectivity index (χ2n) is 4.01. The van der Waals surface area contributed by atoms with Crippen LogP contribution in [0.1, 0.15) is 11.3 Å². The van der Waals surface area contributed by atoms with Crippen molar-refractivity contribution in [2.75, 3.05) is 11.8 Å². The van der Waals surface area contributed by atoms with E-state index in [9.17, 15) is 4.21 Å². The Kier molecular flexibility index (Phi) is 4.88. The first-order valence-electron chi connectivity index (χ1n) is 5.99. The molecule has 1 N–H and O–H groups in total. The molecule has 1 heterocycles. The molecular weight excluding hydrogens is 310 g/mol. The Hall–Kier alpha value is -1.98. The van der Waals surface area contributed by atoms with Crippen LogP contribution in [0.2, 0.25) is 5.02 Å². The van der Waals surface area contributed by atoms with Crippen LogP contribution < -0.4 is 9.46 Å². The Balaban J connectivity index is 2.29. The molecule has 110 valence electrons. The van der Waals surface area contributed by atoms with Gasteiger partial charge in [0.2, 0.25) is 5.09 Å². The first kappa shape index (κ1) is 15.4. The lowest BCUT2D eigenvalue weighted by Gasteiger charge is -2.09. The lowest BCUT2D eigenvalue weighted by Crippen LogP contribution is -2.05. The van der Waals surface area contributed by atoms with Gasteiger partial charge in [-0.1, -0.05) is 30.8 Å². The Bertz CT molecular complexity index is 683. The quantitative estimate of drug-likeness (QED) is 0.859. The number of rotatable bonds is 6. The third kappa shape index (κ3) is 3.37. The van der Waals surface area contributed by atoms with E-state index in [-0.39, 0.29) is 5.09 Å². The summed E-state index contributed by atoms with van der Waals surface area (Å²) in [5.41, 5.74) is 1.24. The summed E-state index contributed by atoms with van der Waals surface area (Å²) in [5.74, 6) is 1.06. The van der Waals surface area contributed by atoms with Crippen LogP contribution in [0, 0.1) is 0 Å². The first-order valence-corrected chi connectivity index (χ1v) is 7.52. The van der Waals surface area contributed by atoms with Crippen LogP contribution in [0.5, 0.6) is 5.75 Å².